The highest BCUT2D eigenvalue weighted by Gasteiger charge is 2.10. The van der Waals surface area contributed by atoms with E-state index >= 15 is 0 Å². The Bertz CT molecular complexity index is 836. The molecule has 0 radical (unpaired) electrons. The highest BCUT2D eigenvalue weighted by Crippen LogP contribution is 2.21. The molecule has 3 rings (SSSR count). The number of hydrogen-bond donors (Lipinski definition) is 1. The first-order valence-electron chi connectivity index (χ1n) is 9.18. The molecule has 0 spiro atoms. The van der Waals surface area contributed by atoms with E-state index in [2.05, 4.69) is 39.2 Å². The molecule has 0 aliphatic rings. The molecule has 3 aromatic rings. The van der Waals surface area contributed by atoms with E-state index in [0.29, 0.717) is 13.0 Å². The molecule has 1 amide bonds. The lowest BCUT2D eigenvalue weighted by atomic mass is 10.2. The Hall–Kier alpha value is -2.73. The number of rotatable bonds is 9. The summed E-state index contributed by atoms with van der Waals surface area (Å²) < 4.78 is 0. The smallest absolute Gasteiger partial charge is 0.226 e. The number of aromatic nitrogens is 2. The fourth-order valence-corrected chi connectivity index (χ4v) is 3.62. The van der Waals surface area contributed by atoms with Gasteiger partial charge in [-0.05, 0) is 37.6 Å². The number of benzene rings is 1. The van der Waals surface area contributed by atoms with E-state index in [-0.39, 0.29) is 5.91 Å². The van der Waals surface area contributed by atoms with Crippen LogP contribution in [0, 0.1) is 0 Å². The standard InChI is InChI=1S/C21H24N4OS/c1-2-25(18-9-4-3-5-10-18)14-8-13-23-20(26)15-17-16-27-21(24-17)19-11-6-7-12-22-19/h3-7,9-12,16H,2,8,13-15H2,1H3,(H,23,26). The van der Waals surface area contributed by atoms with Gasteiger partial charge >= 0.3 is 0 Å². The number of nitrogens with one attached hydrogen (secondary N) is 1. The topological polar surface area (TPSA) is 58.1 Å². The zero-order valence-electron chi connectivity index (χ0n) is 15.5. The Balaban J connectivity index is 1.42. The summed E-state index contributed by atoms with van der Waals surface area (Å²) in [4.78, 5) is 23.3. The van der Waals surface area contributed by atoms with E-state index in [9.17, 15) is 4.79 Å². The van der Waals surface area contributed by atoms with Crippen LogP contribution in [-0.2, 0) is 11.2 Å². The lowest BCUT2D eigenvalue weighted by molar-refractivity contribution is -0.120. The summed E-state index contributed by atoms with van der Waals surface area (Å²) in [5, 5.41) is 5.77. The second kappa shape index (κ2) is 9.83. The molecule has 0 aliphatic carbocycles. The van der Waals surface area contributed by atoms with Crippen molar-refractivity contribution in [3.8, 4) is 10.7 Å². The van der Waals surface area contributed by atoms with E-state index in [0.717, 1.165) is 35.9 Å². The van der Waals surface area contributed by atoms with Crippen LogP contribution in [0.2, 0.25) is 0 Å². The number of amides is 1. The molecule has 140 valence electrons. The predicted octanol–water partition coefficient (Wildman–Crippen LogP) is 3.78. The van der Waals surface area contributed by atoms with E-state index in [4.69, 9.17) is 0 Å². The lowest BCUT2D eigenvalue weighted by Crippen LogP contribution is -2.30. The Labute approximate surface area is 164 Å². The van der Waals surface area contributed by atoms with Gasteiger partial charge in [0.2, 0.25) is 5.91 Å². The number of thiazole rings is 1. The van der Waals surface area contributed by atoms with Gasteiger partial charge in [-0.3, -0.25) is 9.78 Å². The van der Waals surface area contributed by atoms with Crippen molar-refractivity contribution in [2.45, 2.75) is 19.8 Å². The summed E-state index contributed by atoms with van der Waals surface area (Å²) in [5.41, 5.74) is 2.85. The van der Waals surface area contributed by atoms with Crippen LogP contribution in [0.1, 0.15) is 19.0 Å². The molecule has 0 fully saturated rings. The average Bonchev–Trinajstić information content (AvgIpc) is 3.18. The molecule has 1 aromatic carbocycles. The summed E-state index contributed by atoms with van der Waals surface area (Å²) in [6.45, 7) is 4.68. The average molecular weight is 381 g/mol. The number of anilines is 1. The van der Waals surface area contributed by atoms with Gasteiger partial charge in [0.1, 0.15) is 5.01 Å². The van der Waals surface area contributed by atoms with Crippen LogP contribution in [0.3, 0.4) is 0 Å². The maximum Gasteiger partial charge on any atom is 0.226 e. The fourth-order valence-electron chi connectivity index (χ4n) is 2.83. The summed E-state index contributed by atoms with van der Waals surface area (Å²) >= 11 is 1.52. The van der Waals surface area contributed by atoms with Crippen molar-refractivity contribution in [2.75, 3.05) is 24.5 Å². The predicted molar refractivity (Wildman–Crippen MR) is 111 cm³/mol. The monoisotopic (exact) mass is 380 g/mol. The molecule has 0 aliphatic heterocycles. The zero-order chi connectivity index (χ0) is 18.9. The zero-order valence-corrected chi connectivity index (χ0v) is 16.3. The Kier molecular flexibility index (Phi) is 6.93. The number of hydrogen-bond acceptors (Lipinski definition) is 5. The molecule has 6 heteroatoms. The molecule has 0 unspecified atom stereocenters. The Morgan fingerprint density at radius 2 is 1.96 bits per heavy atom. The van der Waals surface area contributed by atoms with Crippen LogP contribution in [0.5, 0.6) is 0 Å². The summed E-state index contributed by atoms with van der Waals surface area (Å²) in [7, 11) is 0. The second-order valence-corrected chi connectivity index (χ2v) is 7.01. The molecule has 0 saturated heterocycles. The van der Waals surface area contributed by atoms with Gasteiger partial charge in [0, 0.05) is 36.9 Å². The van der Waals surface area contributed by atoms with Gasteiger partial charge in [-0.15, -0.1) is 11.3 Å². The van der Waals surface area contributed by atoms with Crippen molar-refractivity contribution >= 4 is 22.9 Å². The molecule has 2 aromatic heterocycles. The van der Waals surface area contributed by atoms with Crippen molar-refractivity contribution in [2.24, 2.45) is 0 Å². The van der Waals surface area contributed by atoms with Gasteiger partial charge in [-0.1, -0.05) is 24.3 Å². The van der Waals surface area contributed by atoms with Gasteiger partial charge < -0.3 is 10.2 Å². The molecule has 0 saturated carbocycles. The molecular formula is C21H24N4OS. The minimum absolute atomic E-state index is 0.00984. The summed E-state index contributed by atoms with van der Waals surface area (Å²) in [6.07, 6.45) is 2.96. The molecule has 1 N–H and O–H groups in total. The van der Waals surface area contributed by atoms with E-state index in [1.54, 1.807) is 6.20 Å². The lowest BCUT2D eigenvalue weighted by Gasteiger charge is -2.23. The first kappa shape index (κ1) is 19.0. The molecule has 0 bridgehead atoms. The summed E-state index contributed by atoms with van der Waals surface area (Å²) in [6, 6.07) is 16.1. The van der Waals surface area contributed by atoms with Crippen LogP contribution < -0.4 is 10.2 Å². The quantitative estimate of drug-likeness (QED) is 0.574. The molecule has 0 atom stereocenters. The highest BCUT2D eigenvalue weighted by atomic mass is 32.1. The number of carbonyl (C=O) groups excluding carboxylic acids is 1. The second-order valence-electron chi connectivity index (χ2n) is 6.15. The van der Waals surface area contributed by atoms with Gasteiger partial charge in [0.05, 0.1) is 17.8 Å². The van der Waals surface area contributed by atoms with Crippen molar-refractivity contribution < 1.29 is 4.79 Å². The van der Waals surface area contributed by atoms with Crippen molar-refractivity contribution in [1.82, 2.24) is 15.3 Å². The summed E-state index contributed by atoms with van der Waals surface area (Å²) in [5.74, 6) is 0.00984. The van der Waals surface area contributed by atoms with E-state index in [1.165, 1.54) is 17.0 Å². The highest BCUT2D eigenvalue weighted by molar-refractivity contribution is 7.13. The molecule has 5 nitrogen and oxygen atoms in total. The largest absolute Gasteiger partial charge is 0.372 e. The molecule has 27 heavy (non-hydrogen) atoms. The van der Waals surface area contributed by atoms with Crippen LogP contribution in [0.4, 0.5) is 5.69 Å². The number of carbonyl (C=O) groups is 1. The Morgan fingerprint density at radius 1 is 1.15 bits per heavy atom. The fraction of sp³-hybridized carbons (Fsp3) is 0.286. The van der Waals surface area contributed by atoms with Crippen molar-refractivity contribution in [3.05, 3.63) is 65.8 Å². The minimum Gasteiger partial charge on any atom is -0.372 e. The first-order valence-corrected chi connectivity index (χ1v) is 10.1. The van der Waals surface area contributed by atoms with E-state index in [1.807, 2.05) is 41.8 Å². The normalized spacial score (nSPS) is 10.6. The Morgan fingerprint density at radius 3 is 2.70 bits per heavy atom. The van der Waals surface area contributed by atoms with Gasteiger partial charge in [-0.2, -0.15) is 0 Å². The minimum atomic E-state index is 0.00984. The third-order valence-electron chi connectivity index (χ3n) is 4.21. The molecule has 2 heterocycles. The number of para-hydroxylation sites is 1. The van der Waals surface area contributed by atoms with Crippen LogP contribution in [0.15, 0.2) is 60.1 Å². The first-order chi connectivity index (χ1) is 13.3. The number of nitrogens with zero attached hydrogens (tertiary/aromatic N) is 3. The van der Waals surface area contributed by atoms with Crippen LogP contribution in [-0.4, -0.2) is 35.5 Å². The van der Waals surface area contributed by atoms with Crippen molar-refractivity contribution in [3.63, 3.8) is 0 Å². The third-order valence-corrected chi connectivity index (χ3v) is 5.12. The van der Waals surface area contributed by atoms with Crippen LogP contribution in [0.25, 0.3) is 10.7 Å². The van der Waals surface area contributed by atoms with Crippen LogP contribution >= 0.6 is 11.3 Å². The maximum absolute atomic E-state index is 12.2. The maximum atomic E-state index is 12.2. The van der Waals surface area contributed by atoms with Gasteiger partial charge in [0.25, 0.3) is 0 Å². The third kappa shape index (κ3) is 5.62. The number of pyridine rings is 1. The van der Waals surface area contributed by atoms with Gasteiger partial charge in [-0.25, -0.2) is 4.98 Å². The van der Waals surface area contributed by atoms with Crippen molar-refractivity contribution in [1.29, 1.82) is 0 Å². The molecular weight excluding hydrogens is 356 g/mol. The van der Waals surface area contributed by atoms with Gasteiger partial charge in [0.15, 0.2) is 0 Å². The van der Waals surface area contributed by atoms with E-state index < -0.39 is 0 Å². The SMILES string of the molecule is CCN(CCCNC(=O)Cc1csc(-c2ccccn2)n1)c1ccccc1.